The fourth-order valence-corrected chi connectivity index (χ4v) is 6.55. The number of ether oxygens (including phenoxy) is 3. The molecule has 32 heavy (non-hydrogen) atoms. The van der Waals surface area contributed by atoms with Gasteiger partial charge in [-0.15, -0.1) is 0 Å². The highest BCUT2D eigenvalue weighted by Crippen LogP contribution is 2.60. The summed E-state index contributed by atoms with van der Waals surface area (Å²) in [5, 5.41) is 11.6. The lowest BCUT2D eigenvalue weighted by molar-refractivity contribution is -0.00721. The zero-order chi connectivity index (χ0) is 22.3. The van der Waals surface area contributed by atoms with Crippen LogP contribution in [0.1, 0.15) is 60.3 Å². The minimum absolute atomic E-state index is 0.180. The topological polar surface area (TPSA) is 97.8 Å². The van der Waals surface area contributed by atoms with Gasteiger partial charge >= 0.3 is 0 Å². The van der Waals surface area contributed by atoms with Gasteiger partial charge in [0.1, 0.15) is 0 Å². The molecule has 8 nitrogen and oxygen atoms in total. The average Bonchev–Trinajstić information content (AvgIpc) is 3.29. The van der Waals surface area contributed by atoms with Gasteiger partial charge in [-0.2, -0.15) is 10.2 Å². The Kier molecular flexibility index (Phi) is 5.31. The summed E-state index contributed by atoms with van der Waals surface area (Å²) in [5.41, 5.74) is 4.95. The van der Waals surface area contributed by atoms with Gasteiger partial charge in [-0.25, -0.2) is 5.43 Å². The zero-order valence-corrected chi connectivity index (χ0v) is 18.8. The summed E-state index contributed by atoms with van der Waals surface area (Å²) < 4.78 is 16.0. The van der Waals surface area contributed by atoms with E-state index in [0.29, 0.717) is 28.5 Å². The van der Waals surface area contributed by atoms with E-state index in [1.165, 1.54) is 44.7 Å². The maximum atomic E-state index is 12.6. The van der Waals surface area contributed by atoms with Crippen LogP contribution >= 0.6 is 0 Å². The number of hydrogen-bond donors (Lipinski definition) is 2. The largest absolute Gasteiger partial charge is 0.493 e. The summed E-state index contributed by atoms with van der Waals surface area (Å²) >= 11 is 0. The van der Waals surface area contributed by atoms with Crippen LogP contribution in [0.4, 0.5) is 0 Å². The predicted octanol–water partition coefficient (Wildman–Crippen LogP) is 3.67. The second-order valence-electron chi connectivity index (χ2n) is 9.52. The number of aromatic amines is 1. The second-order valence-corrected chi connectivity index (χ2v) is 9.52. The standard InChI is InChI=1S/C24H30N4O4/c1-30-19-7-17(8-20(31-2)22(19)32-3)13-25-28-23(29)18-9-21(27-26-18)24-10-14-4-15(11-24)6-16(5-14)12-24/h7-9,13-16H,4-6,10-12H2,1-3H3,(H,26,27)(H,28,29)/b25-13-. The summed E-state index contributed by atoms with van der Waals surface area (Å²) in [6, 6.07) is 5.45. The van der Waals surface area contributed by atoms with Gasteiger partial charge in [0.25, 0.3) is 5.91 Å². The number of rotatable bonds is 7. The van der Waals surface area contributed by atoms with Crippen molar-refractivity contribution >= 4 is 12.1 Å². The van der Waals surface area contributed by atoms with Crippen LogP contribution < -0.4 is 19.6 Å². The fraction of sp³-hybridized carbons (Fsp3) is 0.542. The third-order valence-corrected chi connectivity index (χ3v) is 7.49. The molecule has 4 aliphatic carbocycles. The first-order valence-electron chi connectivity index (χ1n) is 11.2. The summed E-state index contributed by atoms with van der Waals surface area (Å²) in [6.07, 6.45) is 9.36. The Balaban J connectivity index is 1.28. The zero-order valence-electron chi connectivity index (χ0n) is 18.8. The molecular formula is C24H30N4O4. The molecule has 4 fully saturated rings. The van der Waals surface area contributed by atoms with Gasteiger partial charge in [0, 0.05) is 16.7 Å². The number of carbonyl (C=O) groups excluding carboxylic acids is 1. The number of methoxy groups -OCH3 is 3. The van der Waals surface area contributed by atoms with Crippen molar-refractivity contribution in [3.8, 4) is 17.2 Å². The van der Waals surface area contributed by atoms with Crippen LogP contribution in [0.2, 0.25) is 0 Å². The molecule has 6 rings (SSSR count). The maximum Gasteiger partial charge on any atom is 0.291 e. The smallest absolute Gasteiger partial charge is 0.291 e. The van der Waals surface area contributed by atoms with E-state index in [9.17, 15) is 4.79 Å². The number of hydrogen-bond acceptors (Lipinski definition) is 6. The van der Waals surface area contributed by atoms with Crippen molar-refractivity contribution in [3.63, 3.8) is 0 Å². The minimum Gasteiger partial charge on any atom is -0.493 e. The number of carbonyl (C=O) groups is 1. The molecule has 0 aliphatic heterocycles. The Morgan fingerprint density at radius 2 is 1.62 bits per heavy atom. The van der Waals surface area contributed by atoms with E-state index in [-0.39, 0.29) is 11.3 Å². The van der Waals surface area contributed by atoms with Crippen molar-refractivity contribution in [2.24, 2.45) is 22.9 Å². The van der Waals surface area contributed by atoms with Gasteiger partial charge in [-0.3, -0.25) is 9.89 Å². The molecule has 4 saturated carbocycles. The summed E-state index contributed by atoms with van der Waals surface area (Å²) in [6.45, 7) is 0. The summed E-state index contributed by atoms with van der Waals surface area (Å²) in [4.78, 5) is 12.6. The van der Waals surface area contributed by atoms with Gasteiger partial charge < -0.3 is 14.2 Å². The van der Waals surface area contributed by atoms with Crippen molar-refractivity contribution in [2.45, 2.75) is 43.9 Å². The van der Waals surface area contributed by atoms with Crippen molar-refractivity contribution in [1.29, 1.82) is 0 Å². The van der Waals surface area contributed by atoms with E-state index in [1.807, 2.05) is 6.07 Å². The molecule has 170 valence electrons. The van der Waals surface area contributed by atoms with E-state index < -0.39 is 0 Å². The first-order valence-corrected chi connectivity index (χ1v) is 11.2. The highest BCUT2D eigenvalue weighted by molar-refractivity contribution is 5.93. The van der Waals surface area contributed by atoms with Crippen molar-refractivity contribution in [3.05, 3.63) is 35.2 Å². The lowest BCUT2D eigenvalue weighted by Gasteiger charge is -2.56. The van der Waals surface area contributed by atoms with Gasteiger partial charge in [-0.1, -0.05) is 0 Å². The highest BCUT2D eigenvalue weighted by Gasteiger charge is 2.52. The molecule has 2 N–H and O–H groups in total. The molecule has 1 heterocycles. The molecule has 8 heteroatoms. The number of benzene rings is 1. The lowest BCUT2D eigenvalue weighted by atomic mass is 9.49. The first kappa shape index (κ1) is 20.8. The lowest BCUT2D eigenvalue weighted by Crippen LogP contribution is -2.48. The molecule has 0 saturated heterocycles. The minimum atomic E-state index is -0.332. The number of aromatic nitrogens is 2. The summed E-state index contributed by atoms with van der Waals surface area (Å²) in [7, 11) is 4.66. The van der Waals surface area contributed by atoms with E-state index in [4.69, 9.17) is 14.2 Å². The Morgan fingerprint density at radius 3 is 2.16 bits per heavy atom. The molecule has 0 unspecified atom stereocenters. The van der Waals surface area contributed by atoms with Crippen LogP contribution in [0.25, 0.3) is 0 Å². The third-order valence-electron chi connectivity index (χ3n) is 7.49. The second kappa shape index (κ2) is 8.15. The first-order chi connectivity index (χ1) is 15.5. The SMILES string of the molecule is COc1cc(/C=N\NC(=O)c2cc(C34CC5CC(CC(C5)C3)C4)[nH]n2)cc(OC)c1OC. The molecule has 0 spiro atoms. The molecule has 1 amide bonds. The van der Waals surface area contributed by atoms with Crippen molar-refractivity contribution in [2.75, 3.05) is 21.3 Å². The Bertz CT molecular complexity index is 984. The normalized spacial score (nSPS) is 28.2. The predicted molar refractivity (Wildman–Crippen MR) is 120 cm³/mol. The number of nitrogens with one attached hydrogen (secondary N) is 2. The van der Waals surface area contributed by atoms with E-state index in [0.717, 1.165) is 23.4 Å². The van der Waals surface area contributed by atoms with Crippen LogP contribution in [0.5, 0.6) is 17.2 Å². The number of amides is 1. The molecular weight excluding hydrogens is 408 g/mol. The van der Waals surface area contributed by atoms with E-state index >= 15 is 0 Å². The van der Waals surface area contributed by atoms with Gasteiger partial charge in [0.15, 0.2) is 17.2 Å². The van der Waals surface area contributed by atoms with Crippen LogP contribution in [0, 0.1) is 17.8 Å². The maximum absolute atomic E-state index is 12.6. The van der Waals surface area contributed by atoms with Crippen LogP contribution in [0.15, 0.2) is 23.3 Å². The van der Waals surface area contributed by atoms with E-state index in [1.54, 1.807) is 33.5 Å². The number of nitrogens with zero attached hydrogens (tertiary/aromatic N) is 2. The Hall–Kier alpha value is -3.03. The average molecular weight is 439 g/mol. The summed E-state index contributed by atoms with van der Waals surface area (Å²) in [5.74, 6) is 3.73. The van der Waals surface area contributed by atoms with Gasteiger partial charge in [0.2, 0.25) is 5.75 Å². The molecule has 2 aromatic rings. The van der Waals surface area contributed by atoms with Gasteiger partial charge in [-0.05, 0) is 74.5 Å². The Labute approximate surface area is 187 Å². The van der Waals surface area contributed by atoms with Crippen LogP contribution in [-0.2, 0) is 5.41 Å². The van der Waals surface area contributed by atoms with Crippen LogP contribution in [-0.4, -0.2) is 43.6 Å². The van der Waals surface area contributed by atoms with Gasteiger partial charge in [0.05, 0.1) is 27.5 Å². The third kappa shape index (κ3) is 3.61. The van der Waals surface area contributed by atoms with Crippen molar-refractivity contribution in [1.82, 2.24) is 15.6 Å². The van der Waals surface area contributed by atoms with Crippen LogP contribution in [0.3, 0.4) is 0 Å². The molecule has 0 radical (unpaired) electrons. The molecule has 0 atom stereocenters. The molecule has 1 aromatic carbocycles. The quantitative estimate of drug-likeness (QED) is 0.508. The highest BCUT2D eigenvalue weighted by atomic mass is 16.5. The Morgan fingerprint density at radius 1 is 1.03 bits per heavy atom. The molecule has 4 bridgehead atoms. The van der Waals surface area contributed by atoms with Crippen molar-refractivity contribution < 1.29 is 19.0 Å². The fourth-order valence-electron chi connectivity index (χ4n) is 6.55. The number of hydrazone groups is 1. The number of H-pyrrole nitrogens is 1. The van der Waals surface area contributed by atoms with E-state index in [2.05, 4.69) is 20.7 Å². The molecule has 1 aromatic heterocycles. The molecule has 4 aliphatic rings. The monoisotopic (exact) mass is 438 g/mol.